The van der Waals surface area contributed by atoms with Crippen molar-refractivity contribution in [1.82, 2.24) is 20.2 Å². The van der Waals surface area contributed by atoms with E-state index in [-0.39, 0.29) is 5.76 Å². The lowest BCUT2D eigenvalue weighted by atomic mass is 10.3. The van der Waals surface area contributed by atoms with Crippen molar-refractivity contribution in [3.63, 3.8) is 0 Å². The Morgan fingerprint density at radius 1 is 1.16 bits per heavy atom. The van der Waals surface area contributed by atoms with E-state index < -0.39 is 0 Å². The van der Waals surface area contributed by atoms with E-state index in [1.165, 1.54) is 11.8 Å². The van der Waals surface area contributed by atoms with Crippen LogP contribution in [0.2, 0.25) is 0 Å². The second-order valence-corrected chi connectivity index (χ2v) is 4.56. The van der Waals surface area contributed by atoms with E-state index in [1.54, 1.807) is 16.8 Å². The summed E-state index contributed by atoms with van der Waals surface area (Å²) in [5, 5.41) is 12.7. The molecule has 0 unspecified atom stereocenters. The number of hydrogen-bond acceptors (Lipinski definition) is 6. The molecule has 0 spiro atoms. The zero-order valence-electron chi connectivity index (χ0n) is 9.63. The van der Waals surface area contributed by atoms with Crippen LogP contribution in [0.3, 0.4) is 0 Å². The Morgan fingerprint density at radius 3 is 2.74 bits per heavy atom. The van der Waals surface area contributed by atoms with E-state index in [9.17, 15) is 4.79 Å². The number of tetrazole rings is 1. The number of aromatic nitrogens is 4. The normalized spacial score (nSPS) is 10.5. The van der Waals surface area contributed by atoms with Crippen molar-refractivity contribution < 1.29 is 9.21 Å². The van der Waals surface area contributed by atoms with E-state index in [1.807, 2.05) is 30.3 Å². The fraction of sp³-hybridized carbons (Fsp3) is 0. The third-order valence-corrected chi connectivity index (χ3v) is 3.21. The number of para-hydroxylation sites is 1. The maximum atomic E-state index is 10.6. The summed E-state index contributed by atoms with van der Waals surface area (Å²) in [6, 6.07) is 12.8. The monoisotopic (exact) mass is 272 g/mol. The molecule has 19 heavy (non-hydrogen) atoms. The lowest BCUT2D eigenvalue weighted by molar-refractivity contribution is 0.109. The number of rotatable bonds is 4. The molecule has 7 heteroatoms. The molecule has 0 saturated carbocycles. The molecule has 94 valence electrons. The Morgan fingerprint density at radius 2 is 2.00 bits per heavy atom. The number of benzene rings is 1. The van der Waals surface area contributed by atoms with Crippen LogP contribution in [0.25, 0.3) is 5.69 Å². The molecule has 0 saturated heterocycles. The standard InChI is InChI=1S/C12H8N4O2S/c17-8-10-6-7-11(18-10)19-12-13-14-15-16(12)9-4-2-1-3-5-9/h1-8H. The Kier molecular flexibility index (Phi) is 3.11. The summed E-state index contributed by atoms with van der Waals surface area (Å²) in [6.07, 6.45) is 0.657. The van der Waals surface area contributed by atoms with E-state index in [0.29, 0.717) is 16.5 Å². The summed E-state index contributed by atoms with van der Waals surface area (Å²) in [4.78, 5) is 10.6. The van der Waals surface area contributed by atoms with Gasteiger partial charge in [0.05, 0.1) is 5.69 Å². The van der Waals surface area contributed by atoms with Crippen LogP contribution in [-0.4, -0.2) is 26.5 Å². The molecule has 0 fully saturated rings. The van der Waals surface area contributed by atoms with Crippen LogP contribution >= 0.6 is 11.8 Å². The van der Waals surface area contributed by atoms with E-state index in [4.69, 9.17) is 4.42 Å². The summed E-state index contributed by atoms with van der Waals surface area (Å²) < 4.78 is 6.89. The van der Waals surface area contributed by atoms with Crippen molar-refractivity contribution in [2.45, 2.75) is 10.2 Å². The molecule has 0 aliphatic heterocycles. The smallest absolute Gasteiger partial charge is 0.221 e. The van der Waals surface area contributed by atoms with Crippen LogP contribution < -0.4 is 0 Å². The maximum absolute atomic E-state index is 10.6. The molecule has 1 aromatic carbocycles. The maximum Gasteiger partial charge on any atom is 0.221 e. The van der Waals surface area contributed by atoms with Gasteiger partial charge < -0.3 is 4.42 Å². The molecule has 0 N–H and O–H groups in total. The number of nitrogens with zero attached hydrogens (tertiary/aromatic N) is 4. The van der Waals surface area contributed by atoms with Gasteiger partial charge in [-0.25, -0.2) is 0 Å². The van der Waals surface area contributed by atoms with Crippen LogP contribution in [0.15, 0.2) is 57.1 Å². The number of carbonyl (C=O) groups is 1. The van der Waals surface area contributed by atoms with Gasteiger partial charge in [-0.2, -0.15) is 4.68 Å². The topological polar surface area (TPSA) is 73.8 Å². The zero-order valence-corrected chi connectivity index (χ0v) is 10.4. The van der Waals surface area contributed by atoms with Crippen LogP contribution in [0.5, 0.6) is 0 Å². The highest BCUT2D eigenvalue weighted by atomic mass is 32.2. The van der Waals surface area contributed by atoms with Crippen molar-refractivity contribution in [3.8, 4) is 5.69 Å². The third kappa shape index (κ3) is 2.41. The van der Waals surface area contributed by atoms with Crippen LogP contribution in [-0.2, 0) is 0 Å². The van der Waals surface area contributed by atoms with Crippen molar-refractivity contribution >= 4 is 18.0 Å². The summed E-state index contributed by atoms with van der Waals surface area (Å²) in [5.41, 5.74) is 0.858. The molecule has 2 aromatic heterocycles. The Balaban J connectivity index is 1.90. The first-order valence-corrected chi connectivity index (χ1v) is 6.25. The average molecular weight is 272 g/mol. The van der Waals surface area contributed by atoms with Crippen LogP contribution in [0.1, 0.15) is 10.6 Å². The SMILES string of the molecule is O=Cc1ccc(Sc2nnnn2-c2ccccc2)o1. The minimum Gasteiger partial charge on any atom is -0.447 e. The molecule has 0 amide bonds. The molecule has 2 heterocycles. The molecule has 0 radical (unpaired) electrons. The minimum absolute atomic E-state index is 0.279. The van der Waals surface area contributed by atoms with Gasteiger partial charge in [-0.15, -0.1) is 5.10 Å². The van der Waals surface area contributed by atoms with Gasteiger partial charge in [0.15, 0.2) is 17.1 Å². The molecule has 3 rings (SSSR count). The molecule has 0 atom stereocenters. The first-order valence-electron chi connectivity index (χ1n) is 5.43. The van der Waals surface area contributed by atoms with E-state index in [2.05, 4.69) is 15.5 Å². The molecule has 0 aliphatic rings. The van der Waals surface area contributed by atoms with Gasteiger partial charge >= 0.3 is 0 Å². The van der Waals surface area contributed by atoms with Gasteiger partial charge in [-0.1, -0.05) is 18.2 Å². The van der Waals surface area contributed by atoms with Gasteiger partial charge in [0, 0.05) is 0 Å². The zero-order chi connectivity index (χ0) is 13.1. The average Bonchev–Trinajstić information content (AvgIpc) is 3.09. The van der Waals surface area contributed by atoms with Gasteiger partial charge in [-0.05, 0) is 46.5 Å². The number of carbonyl (C=O) groups excluding carboxylic acids is 1. The second-order valence-electron chi connectivity index (χ2n) is 3.59. The summed E-state index contributed by atoms with van der Waals surface area (Å²) in [5.74, 6) is 0.279. The molecule has 0 aliphatic carbocycles. The number of aldehydes is 1. The highest BCUT2D eigenvalue weighted by Gasteiger charge is 2.12. The third-order valence-electron chi connectivity index (χ3n) is 2.35. The predicted molar refractivity (Wildman–Crippen MR) is 67.4 cm³/mol. The molecule has 3 aromatic rings. The van der Waals surface area contributed by atoms with Crippen molar-refractivity contribution in [2.24, 2.45) is 0 Å². The van der Waals surface area contributed by atoms with E-state index in [0.717, 1.165) is 5.69 Å². The fourth-order valence-corrected chi connectivity index (χ4v) is 2.28. The quantitative estimate of drug-likeness (QED) is 0.678. The highest BCUT2D eigenvalue weighted by molar-refractivity contribution is 7.99. The summed E-state index contributed by atoms with van der Waals surface area (Å²) in [7, 11) is 0. The predicted octanol–water partition coefficient (Wildman–Crippen LogP) is 2.22. The van der Waals surface area contributed by atoms with Gasteiger partial charge in [0.2, 0.25) is 5.16 Å². The molecule has 6 nitrogen and oxygen atoms in total. The second kappa shape index (κ2) is 5.07. The summed E-state index contributed by atoms with van der Waals surface area (Å²) in [6.45, 7) is 0. The summed E-state index contributed by atoms with van der Waals surface area (Å²) >= 11 is 1.25. The van der Waals surface area contributed by atoms with Gasteiger partial charge in [0.1, 0.15) is 0 Å². The van der Waals surface area contributed by atoms with Crippen molar-refractivity contribution in [1.29, 1.82) is 0 Å². The molecular weight excluding hydrogens is 264 g/mol. The Bertz CT molecular complexity index is 693. The molecule has 0 bridgehead atoms. The van der Waals surface area contributed by atoms with Crippen molar-refractivity contribution in [2.75, 3.05) is 0 Å². The van der Waals surface area contributed by atoms with Crippen LogP contribution in [0.4, 0.5) is 0 Å². The lowest BCUT2D eigenvalue weighted by Crippen LogP contribution is -1.97. The van der Waals surface area contributed by atoms with Crippen molar-refractivity contribution in [3.05, 3.63) is 48.2 Å². The largest absolute Gasteiger partial charge is 0.447 e. The van der Waals surface area contributed by atoms with E-state index >= 15 is 0 Å². The highest BCUT2D eigenvalue weighted by Crippen LogP contribution is 2.28. The number of furan rings is 1. The Hall–Kier alpha value is -2.41. The van der Waals surface area contributed by atoms with Gasteiger partial charge in [0.25, 0.3) is 0 Å². The van der Waals surface area contributed by atoms with Gasteiger partial charge in [-0.3, -0.25) is 4.79 Å². The Labute approximate surface area is 112 Å². The van der Waals surface area contributed by atoms with Crippen LogP contribution in [0, 0.1) is 0 Å². The minimum atomic E-state index is 0.279. The first-order chi connectivity index (χ1) is 9.36. The molecular formula is C12H8N4O2S. The fourth-order valence-electron chi connectivity index (χ4n) is 1.52. The lowest BCUT2D eigenvalue weighted by Gasteiger charge is -2.01. The first kappa shape index (κ1) is 11.7. The number of hydrogen-bond donors (Lipinski definition) is 0.